The number of hydrogen-bond donors (Lipinski definition) is 0. The highest BCUT2D eigenvalue weighted by molar-refractivity contribution is 5.87. The van der Waals surface area contributed by atoms with Gasteiger partial charge >= 0.3 is 0 Å². The van der Waals surface area contributed by atoms with Crippen LogP contribution in [0.4, 0.5) is 0 Å². The van der Waals surface area contributed by atoms with E-state index in [0.29, 0.717) is 0 Å². The zero-order valence-corrected chi connectivity index (χ0v) is 84.0. The van der Waals surface area contributed by atoms with Crippen LogP contribution in [-0.2, 0) is 43.3 Å². The topological polar surface area (TPSA) is 0 Å². The number of rotatable bonds is 4. The summed E-state index contributed by atoms with van der Waals surface area (Å²) in [5, 5.41) is 0. The number of hydrogen-bond acceptors (Lipinski definition) is 0. The lowest BCUT2D eigenvalue weighted by molar-refractivity contribution is 0.578. The second kappa shape index (κ2) is 32.7. The predicted octanol–water partition coefficient (Wildman–Crippen LogP) is 33.7. The maximum Gasteiger partial charge on any atom is -0.0106 e. The van der Waals surface area contributed by atoms with E-state index in [2.05, 4.69) is 388 Å². The summed E-state index contributed by atoms with van der Waals surface area (Å²) in [4.78, 5) is 0. The Bertz CT molecular complexity index is 4840. The van der Waals surface area contributed by atoms with Crippen LogP contribution >= 0.6 is 0 Å². The summed E-state index contributed by atoms with van der Waals surface area (Å²) in [6.45, 7) is 131. The lowest BCUT2D eigenvalue weighted by Crippen LogP contribution is -2.22. The van der Waals surface area contributed by atoms with Crippen LogP contribution in [0.5, 0.6) is 0 Å². The molecule has 0 atom stereocenters. The van der Waals surface area contributed by atoms with E-state index in [-0.39, 0.29) is 43.3 Å². The lowest BCUT2D eigenvalue weighted by Gasteiger charge is -2.35. The van der Waals surface area contributed by atoms with Crippen LogP contribution in [-0.4, -0.2) is 0 Å². The maximum atomic E-state index is 2.37. The molecular weight excluding hydrogens is 1350 g/mol. The van der Waals surface area contributed by atoms with Gasteiger partial charge in [-0.3, -0.25) is 0 Å². The van der Waals surface area contributed by atoms with Crippen LogP contribution in [0.25, 0.3) is 44.5 Å². The molecule has 0 N–H and O–H groups in total. The first-order chi connectivity index (χ1) is 50.1. The van der Waals surface area contributed by atoms with Gasteiger partial charge in [0.1, 0.15) is 0 Å². The van der Waals surface area contributed by atoms with Crippen molar-refractivity contribution >= 4 is 0 Å². The molecule has 0 amide bonds. The minimum absolute atomic E-state index is 0.0942. The third kappa shape index (κ3) is 17.6. The van der Waals surface area contributed by atoms with Crippen LogP contribution < -0.4 is 0 Å². The van der Waals surface area contributed by atoms with Crippen molar-refractivity contribution in [3.05, 3.63) is 223 Å². The van der Waals surface area contributed by atoms with Crippen molar-refractivity contribution in [1.29, 1.82) is 0 Å². The van der Waals surface area contributed by atoms with Crippen LogP contribution in [0, 0.1) is 222 Å². The van der Waals surface area contributed by atoms with Crippen LogP contribution in [0.2, 0.25) is 0 Å². The molecule has 0 aromatic heterocycles. The third-order valence-corrected chi connectivity index (χ3v) is 28.2. The fraction of sp³-hybridized carbons (Fsp3) is 0.571. The van der Waals surface area contributed by atoms with Crippen LogP contribution in [0.1, 0.15) is 389 Å². The van der Waals surface area contributed by atoms with E-state index in [1.807, 2.05) is 0 Å². The van der Waals surface area contributed by atoms with Crippen LogP contribution in [0.3, 0.4) is 0 Å². The van der Waals surface area contributed by atoms with Crippen molar-refractivity contribution in [1.82, 2.24) is 0 Å². The summed E-state index contributed by atoms with van der Waals surface area (Å²) in [6, 6.07) is 0. The van der Waals surface area contributed by atoms with E-state index in [1.54, 1.807) is 0 Å². The van der Waals surface area contributed by atoms with Crippen molar-refractivity contribution in [2.75, 3.05) is 0 Å². The monoisotopic (exact) mass is 1510 g/mol. The normalized spacial score (nSPS) is 12.6. The highest BCUT2D eigenvalue weighted by Gasteiger charge is 2.37. The van der Waals surface area contributed by atoms with Crippen molar-refractivity contribution < 1.29 is 0 Å². The minimum atomic E-state index is 0.0942. The van der Waals surface area contributed by atoms with Gasteiger partial charge < -0.3 is 0 Å². The van der Waals surface area contributed by atoms with Crippen LogP contribution in [0.15, 0.2) is 0 Å². The van der Waals surface area contributed by atoms with E-state index >= 15 is 0 Å². The van der Waals surface area contributed by atoms with Gasteiger partial charge in [-0.15, -0.1) is 0 Å². The first-order valence-electron chi connectivity index (χ1n) is 43.0. The van der Waals surface area contributed by atoms with E-state index in [1.165, 1.54) is 267 Å². The summed E-state index contributed by atoms with van der Waals surface area (Å²) in [5.41, 5.74) is 71.3. The van der Waals surface area contributed by atoms with Crippen molar-refractivity contribution in [3.8, 4) is 44.5 Å². The second-order valence-electron chi connectivity index (χ2n) is 44.0. The Balaban J connectivity index is 0.000000267. The zero-order valence-electron chi connectivity index (χ0n) is 84.0. The molecule has 616 valence electrons. The highest BCUT2D eigenvalue weighted by atomic mass is 14.4. The highest BCUT2D eigenvalue weighted by Crippen LogP contribution is 2.53. The quantitative estimate of drug-likeness (QED) is 0.165. The molecule has 0 spiro atoms. The van der Waals surface area contributed by atoms with Gasteiger partial charge in [0, 0.05) is 0 Å². The molecule has 0 radical (unpaired) electrons. The summed E-state index contributed by atoms with van der Waals surface area (Å²) < 4.78 is 0. The van der Waals surface area contributed by atoms with E-state index in [0.717, 1.165) is 0 Å². The van der Waals surface area contributed by atoms with E-state index < -0.39 is 0 Å². The van der Waals surface area contributed by atoms with Crippen molar-refractivity contribution in [3.63, 3.8) is 0 Å². The first kappa shape index (κ1) is 96.3. The Morgan fingerprint density at radius 3 is 0.321 bits per heavy atom. The molecule has 0 saturated carbocycles. The molecular formula is C112H168. The third-order valence-electron chi connectivity index (χ3n) is 28.2. The molecule has 0 unspecified atom stereocenters. The van der Waals surface area contributed by atoms with Gasteiger partial charge in [0.15, 0.2) is 0 Å². The SMILES string of the molecule is Cc1c(C)c(-c2c(C)c(C)c(C(C)(C)C)c(C)c2C)c(C)c(C(C)(C)C)c1C.Cc1c(C)c(-c2c(C)c(C)c(C)c(C(C)(C)C)c2C)c(C)c(C(C)(C)C)c1C.Cc1c(C)c(C)c(C(C)(C)C)c(-c2c(C)c(C)c(C)c(C(C)(C)C)c2C)c1C.Cc1c(C)c(C)c(C(C)(C)C)c(-c2c(C)c(C)c(C)c(C)c2C(C)(C)C)c1C. The Morgan fingerprint density at radius 1 is 0.0804 bits per heavy atom. The average Bonchev–Trinajstić information content (AvgIpc) is 0.759. The molecule has 0 heteroatoms. The molecule has 8 aromatic carbocycles. The number of benzene rings is 8. The molecule has 0 heterocycles. The molecule has 0 aliphatic heterocycles. The average molecular weight is 1510 g/mol. The molecule has 0 aliphatic carbocycles. The van der Waals surface area contributed by atoms with Gasteiger partial charge in [0.05, 0.1) is 0 Å². The smallest absolute Gasteiger partial charge is 0.0106 e. The maximum absolute atomic E-state index is 2.37. The summed E-state index contributed by atoms with van der Waals surface area (Å²) in [5.74, 6) is 0. The van der Waals surface area contributed by atoms with Gasteiger partial charge in [0.2, 0.25) is 0 Å². The van der Waals surface area contributed by atoms with E-state index in [9.17, 15) is 0 Å². The Morgan fingerprint density at radius 2 is 0.161 bits per heavy atom. The molecule has 0 saturated heterocycles. The largest absolute Gasteiger partial charge is 0.0561 e. The van der Waals surface area contributed by atoms with Gasteiger partial charge in [-0.05, 0) is 532 Å². The molecule has 8 aromatic rings. The van der Waals surface area contributed by atoms with Gasteiger partial charge in [-0.1, -0.05) is 166 Å². The Kier molecular flexibility index (Phi) is 28.1. The minimum Gasteiger partial charge on any atom is -0.0561 e. The second-order valence-corrected chi connectivity index (χ2v) is 44.0. The molecule has 0 bridgehead atoms. The standard InChI is InChI=1S/4C28H42/c1-15-17(3)23(21(7)25(19(15)5)27(9,10)11)24-18(4)16(2)20(6)26(22(24)8)28(12,13)14;1-15-17(3)21(7)25(27(9,10)11)23(19(15)5)24-20(6)16(2)18(4)22(8)26(24)28(12,13)14;1-15-16(2)24(22(8)26(19(15)5)28(12,13)14)23-17(3)20(6)25(27(9,10)11)21(7)18(23)4;1-15-16(2)21(7)26(28(12,13)14)24(19(15)5)23-18(4)17(3)20(6)25(22(23)8)27(9,10)11/h4*1-14H3. The van der Waals surface area contributed by atoms with Crippen molar-refractivity contribution in [2.45, 2.75) is 431 Å². The first-order valence-corrected chi connectivity index (χ1v) is 43.0. The molecule has 8 rings (SSSR count). The fourth-order valence-electron chi connectivity index (χ4n) is 21.9. The van der Waals surface area contributed by atoms with Crippen molar-refractivity contribution in [2.24, 2.45) is 0 Å². The molecule has 0 nitrogen and oxygen atoms in total. The molecule has 0 aliphatic rings. The Hall–Kier alpha value is -6.24. The van der Waals surface area contributed by atoms with Gasteiger partial charge in [-0.25, -0.2) is 0 Å². The predicted molar refractivity (Wildman–Crippen MR) is 509 cm³/mol. The summed E-state index contributed by atoms with van der Waals surface area (Å²) >= 11 is 0. The fourth-order valence-corrected chi connectivity index (χ4v) is 21.9. The van der Waals surface area contributed by atoms with Gasteiger partial charge in [0.25, 0.3) is 0 Å². The summed E-state index contributed by atoms with van der Waals surface area (Å²) in [7, 11) is 0. The molecule has 112 heavy (non-hydrogen) atoms. The van der Waals surface area contributed by atoms with E-state index in [4.69, 9.17) is 0 Å². The molecule has 0 fully saturated rings. The summed E-state index contributed by atoms with van der Waals surface area (Å²) in [6.07, 6.45) is 0. The Labute approximate surface area is 693 Å². The lowest BCUT2D eigenvalue weighted by atomic mass is 9.69. The zero-order chi connectivity index (χ0) is 87.7. The van der Waals surface area contributed by atoms with Gasteiger partial charge in [-0.2, -0.15) is 0 Å².